The molecule has 0 aliphatic heterocycles. The number of allylic oxidation sites excluding steroid dienone is 12. The highest BCUT2D eigenvalue weighted by Crippen LogP contribution is 2.13. The van der Waals surface area contributed by atoms with Crippen LogP contribution in [0.5, 0.6) is 0 Å². The number of carbonyl (C=O) groups is 3. The number of ether oxygens (including phenoxy) is 3. The molecule has 0 spiro atoms. The van der Waals surface area contributed by atoms with Gasteiger partial charge in [-0.1, -0.05) is 190 Å². The maximum absolute atomic E-state index is 12.7. The molecule has 0 heterocycles. The highest BCUT2D eigenvalue weighted by molar-refractivity contribution is 5.71. The summed E-state index contributed by atoms with van der Waals surface area (Å²) < 4.78 is 16.6. The third kappa shape index (κ3) is 44.0. The Balaban J connectivity index is 4.50. The van der Waals surface area contributed by atoms with Crippen LogP contribution in [0.25, 0.3) is 0 Å². The van der Waals surface area contributed by atoms with Gasteiger partial charge in [0.05, 0.1) is 0 Å². The standard InChI is InChI=1S/C52H88O6/c1-4-7-10-13-16-19-22-25-28-30-33-36-39-42-45-51(54)57-48-49(58-52(55)46-43-40-37-34-31-27-24-21-18-15-12-9-6-3)47-56-50(53)44-41-38-35-32-29-26-23-20-17-14-11-8-5-2/h9,12,15,18,21,24,26,28-30,35,38,49H,4-8,10-11,13-14,16-17,19-20,22-23,25,27,31-34,36-37,39-48H2,1-3H3/b12-9+,18-15+,24-21+,29-26+,30-28+,38-35+. The fourth-order valence-corrected chi connectivity index (χ4v) is 6.37. The van der Waals surface area contributed by atoms with Gasteiger partial charge in [-0.25, -0.2) is 0 Å². The molecule has 0 fully saturated rings. The van der Waals surface area contributed by atoms with Crippen LogP contribution in [0.1, 0.15) is 220 Å². The molecule has 6 heteroatoms. The summed E-state index contributed by atoms with van der Waals surface area (Å²) in [6.07, 6.45) is 57.5. The fourth-order valence-electron chi connectivity index (χ4n) is 6.37. The molecule has 0 bridgehead atoms. The van der Waals surface area contributed by atoms with Crippen molar-refractivity contribution in [3.05, 3.63) is 72.9 Å². The lowest BCUT2D eigenvalue weighted by Gasteiger charge is -2.18. The molecule has 0 rings (SSSR count). The van der Waals surface area contributed by atoms with Crippen LogP contribution in [-0.4, -0.2) is 37.2 Å². The van der Waals surface area contributed by atoms with Crippen molar-refractivity contribution in [1.82, 2.24) is 0 Å². The Bertz CT molecular complexity index is 1110. The quantitative estimate of drug-likeness (QED) is 0.0201. The fraction of sp³-hybridized carbons (Fsp3) is 0.712. The highest BCUT2D eigenvalue weighted by Gasteiger charge is 2.19. The van der Waals surface area contributed by atoms with Gasteiger partial charge in [-0.2, -0.15) is 0 Å². The second-order valence-corrected chi connectivity index (χ2v) is 15.7. The van der Waals surface area contributed by atoms with Crippen LogP contribution in [0.3, 0.4) is 0 Å². The molecule has 0 aliphatic rings. The van der Waals surface area contributed by atoms with Crippen molar-refractivity contribution in [3.8, 4) is 0 Å². The minimum Gasteiger partial charge on any atom is -0.462 e. The normalized spacial score (nSPS) is 12.7. The van der Waals surface area contributed by atoms with E-state index < -0.39 is 6.10 Å². The monoisotopic (exact) mass is 809 g/mol. The first-order chi connectivity index (χ1) is 28.5. The van der Waals surface area contributed by atoms with Crippen LogP contribution < -0.4 is 0 Å². The van der Waals surface area contributed by atoms with Gasteiger partial charge in [0.15, 0.2) is 6.10 Å². The summed E-state index contributed by atoms with van der Waals surface area (Å²) in [7, 11) is 0. The third-order valence-electron chi connectivity index (χ3n) is 9.99. The zero-order valence-electron chi connectivity index (χ0n) is 37.8. The van der Waals surface area contributed by atoms with Gasteiger partial charge in [-0.15, -0.1) is 0 Å². The van der Waals surface area contributed by atoms with Crippen molar-refractivity contribution in [3.63, 3.8) is 0 Å². The van der Waals surface area contributed by atoms with Gasteiger partial charge in [-0.3, -0.25) is 14.4 Å². The number of carbonyl (C=O) groups excluding carboxylic acids is 3. The Kier molecular flexibility index (Phi) is 44.0. The molecule has 0 aromatic heterocycles. The lowest BCUT2D eigenvalue weighted by Crippen LogP contribution is -2.30. The topological polar surface area (TPSA) is 78.9 Å². The van der Waals surface area contributed by atoms with E-state index in [2.05, 4.69) is 81.5 Å². The van der Waals surface area contributed by atoms with E-state index in [1.807, 2.05) is 12.2 Å². The molecule has 0 aromatic rings. The molecule has 0 saturated carbocycles. The van der Waals surface area contributed by atoms with Gasteiger partial charge in [0.25, 0.3) is 0 Å². The second kappa shape index (κ2) is 46.5. The highest BCUT2D eigenvalue weighted by atomic mass is 16.6. The molecule has 0 radical (unpaired) electrons. The Labute approximate surface area is 357 Å². The van der Waals surface area contributed by atoms with Crippen LogP contribution >= 0.6 is 0 Å². The summed E-state index contributed by atoms with van der Waals surface area (Å²) in [5, 5.41) is 0. The summed E-state index contributed by atoms with van der Waals surface area (Å²) in [6.45, 7) is 6.39. The van der Waals surface area contributed by atoms with E-state index >= 15 is 0 Å². The lowest BCUT2D eigenvalue weighted by molar-refractivity contribution is -0.166. The minimum absolute atomic E-state index is 0.109. The Hall–Kier alpha value is -3.15. The average Bonchev–Trinajstić information content (AvgIpc) is 3.22. The van der Waals surface area contributed by atoms with Crippen LogP contribution in [0.2, 0.25) is 0 Å². The predicted molar refractivity (Wildman–Crippen MR) is 247 cm³/mol. The van der Waals surface area contributed by atoms with Crippen molar-refractivity contribution < 1.29 is 28.6 Å². The third-order valence-corrected chi connectivity index (χ3v) is 9.99. The van der Waals surface area contributed by atoms with E-state index in [1.54, 1.807) is 0 Å². The average molecular weight is 809 g/mol. The number of unbranched alkanes of at least 4 members (excludes halogenated alkanes) is 21. The van der Waals surface area contributed by atoms with Gasteiger partial charge in [0.1, 0.15) is 13.2 Å². The van der Waals surface area contributed by atoms with Crippen LogP contribution in [0, 0.1) is 0 Å². The summed E-state index contributed by atoms with van der Waals surface area (Å²) in [5.74, 6) is -1.02. The minimum atomic E-state index is -0.812. The molecule has 0 aromatic carbocycles. The maximum Gasteiger partial charge on any atom is 0.306 e. The van der Waals surface area contributed by atoms with Crippen LogP contribution in [0.15, 0.2) is 72.9 Å². The molecule has 6 nitrogen and oxygen atoms in total. The van der Waals surface area contributed by atoms with E-state index in [9.17, 15) is 14.4 Å². The zero-order valence-corrected chi connectivity index (χ0v) is 37.8. The number of esters is 3. The number of hydrogen-bond acceptors (Lipinski definition) is 6. The number of hydrogen-bond donors (Lipinski definition) is 0. The Morgan fingerprint density at radius 2 is 0.776 bits per heavy atom. The molecule has 58 heavy (non-hydrogen) atoms. The predicted octanol–water partition coefficient (Wildman–Crippen LogP) is 15.5. The summed E-state index contributed by atoms with van der Waals surface area (Å²) in [4.78, 5) is 37.8. The molecular formula is C52H88O6. The molecule has 332 valence electrons. The first-order valence-electron chi connectivity index (χ1n) is 24.0. The molecule has 1 unspecified atom stereocenters. The molecule has 0 N–H and O–H groups in total. The van der Waals surface area contributed by atoms with Crippen LogP contribution in [0.4, 0.5) is 0 Å². The van der Waals surface area contributed by atoms with Gasteiger partial charge in [0, 0.05) is 19.3 Å². The van der Waals surface area contributed by atoms with E-state index in [1.165, 1.54) is 83.5 Å². The van der Waals surface area contributed by atoms with E-state index in [4.69, 9.17) is 14.2 Å². The van der Waals surface area contributed by atoms with Gasteiger partial charge in [-0.05, 0) is 83.5 Å². The van der Waals surface area contributed by atoms with Crippen molar-refractivity contribution in [1.29, 1.82) is 0 Å². The zero-order chi connectivity index (χ0) is 42.3. The first kappa shape index (κ1) is 54.9. The molecular weight excluding hydrogens is 721 g/mol. The van der Waals surface area contributed by atoms with E-state index in [0.717, 1.165) is 89.9 Å². The first-order valence-corrected chi connectivity index (χ1v) is 24.0. The Morgan fingerprint density at radius 1 is 0.379 bits per heavy atom. The van der Waals surface area contributed by atoms with Crippen molar-refractivity contribution in [2.24, 2.45) is 0 Å². The van der Waals surface area contributed by atoms with Crippen molar-refractivity contribution >= 4 is 17.9 Å². The lowest BCUT2D eigenvalue weighted by atomic mass is 10.1. The smallest absolute Gasteiger partial charge is 0.306 e. The molecule has 0 aliphatic carbocycles. The Morgan fingerprint density at radius 3 is 1.31 bits per heavy atom. The van der Waals surface area contributed by atoms with Crippen molar-refractivity contribution in [2.45, 2.75) is 226 Å². The van der Waals surface area contributed by atoms with E-state index in [-0.39, 0.29) is 37.5 Å². The summed E-state index contributed by atoms with van der Waals surface area (Å²) in [5.41, 5.74) is 0. The summed E-state index contributed by atoms with van der Waals surface area (Å²) in [6, 6.07) is 0. The summed E-state index contributed by atoms with van der Waals surface area (Å²) >= 11 is 0. The maximum atomic E-state index is 12.7. The van der Waals surface area contributed by atoms with Gasteiger partial charge in [0.2, 0.25) is 0 Å². The molecule has 0 saturated heterocycles. The SMILES string of the molecule is CC/C=C/C=C/C=C/CCCCCCCC(=O)OC(COC(=O)CC/C=C/C/C=C/CCCCCCCC)COC(=O)CCCCC/C=C/CCCCCCCCC. The number of rotatable bonds is 42. The van der Waals surface area contributed by atoms with Gasteiger partial charge < -0.3 is 14.2 Å². The van der Waals surface area contributed by atoms with Crippen molar-refractivity contribution in [2.75, 3.05) is 13.2 Å². The molecule has 0 amide bonds. The van der Waals surface area contributed by atoms with E-state index in [0.29, 0.717) is 19.3 Å². The second-order valence-electron chi connectivity index (χ2n) is 15.7. The molecule has 1 atom stereocenters. The largest absolute Gasteiger partial charge is 0.462 e. The van der Waals surface area contributed by atoms with Crippen LogP contribution in [-0.2, 0) is 28.6 Å². The van der Waals surface area contributed by atoms with Gasteiger partial charge >= 0.3 is 17.9 Å².